The molecule has 0 aliphatic carbocycles. The Morgan fingerprint density at radius 3 is 2.60 bits per heavy atom. The number of halogens is 1. The minimum absolute atomic E-state index is 0.160. The van der Waals surface area contributed by atoms with Crippen molar-refractivity contribution < 1.29 is 0 Å². The highest BCUT2D eigenvalue weighted by Gasteiger charge is 2.23. The fraction of sp³-hybridized carbons (Fsp3) is 0.615. The first-order chi connectivity index (χ1) is 9.45. The molecule has 0 saturated carbocycles. The number of nitrogens with zero attached hydrogens (tertiary/aromatic N) is 4. The van der Waals surface area contributed by atoms with Crippen LogP contribution in [-0.2, 0) is 13.5 Å². The SMILES string of the molecule is CNC(Cc1c(C)nn(C)c1Cl)c1snnc1C(C)C. The molecule has 110 valence electrons. The maximum atomic E-state index is 6.32. The first-order valence-corrected chi connectivity index (χ1v) is 7.78. The lowest BCUT2D eigenvalue weighted by atomic mass is 10.0. The Morgan fingerprint density at radius 2 is 2.10 bits per heavy atom. The van der Waals surface area contributed by atoms with Crippen LogP contribution in [0.15, 0.2) is 0 Å². The average molecular weight is 314 g/mol. The summed E-state index contributed by atoms with van der Waals surface area (Å²) < 4.78 is 5.82. The Kier molecular flexibility index (Phi) is 4.78. The van der Waals surface area contributed by atoms with E-state index in [2.05, 4.69) is 33.8 Å². The molecule has 0 spiro atoms. The lowest BCUT2D eigenvalue weighted by molar-refractivity contribution is 0.588. The molecule has 0 amide bonds. The predicted molar refractivity (Wildman–Crippen MR) is 82.5 cm³/mol. The Hall–Kier alpha value is -0.980. The lowest BCUT2D eigenvalue weighted by Gasteiger charge is -2.16. The van der Waals surface area contributed by atoms with E-state index in [1.54, 1.807) is 4.68 Å². The molecule has 1 unspecified atom stereocenters. The van der Waals surface area contributed by atoms with Gasteiger partial charge in [-0.2, -0.15) is 5.10 Å². The van der Waals surface area contributed by atoms with Crippen molar-refractivity contribution >= 4 is 23.1 Å². The molecule has 2 rings (SSSR count). The summed E-state index contributed by atoms with van der Waals surface area (Å²) >= 11 is 7.78. The molecule has 0 saturated heterocycles. The fourth-order valence-electron chi connectivity index (χ4n) is 2.28. The van der Waals surface area contributed by atoms with E-state index in [-0.39, 0.29) is 6.04 Å². The molecule has 2 aromatic rings. The number of hydrogen-bond donors (Lipinski definition) is 1. The molecule has 7 heteroatoms. The smallest absolute Gasteiger partial charge is 0.130 e. The quantitative estimate of drug-likeness (QED) is 0.922. The van der Waals surface area contributed by atoms with E-state index < -0.39 is 0 Å². The van der Waals surface area contributed by atoms with E-state index in [1.807, 2.05) is 21.0 Å². The molecule has 1 N–H and O–H groups in total. The van der Waals surface area contributed by atoms with Crippen molar-refractivity contribution in [2.75, 3.05) is 7.05 Å². The summed E-state index contributed by atoms with van der Waals surface area (Å²) in [5, 5.41) is 12.7. The van der Waals surface area contributed by atoms with Gasteiger partial charge in [-0.05, 0) is 37.8 Å². The molecule has 0 aliphatic heterocycles. The zero-order valence-electron chi connectivity index (χ0n) is 12.4. The molecular weight excluding hydrogens is 294 g/mol. The Balaban J connectivity index is 2.31. The van der Waals surface area contributed by atoms with E-state index in [4.69, 9.17) is 11.6 Å². The zero-order valence-corrected chi connectivity index (χ0v) is 14.0. The van der Waals surface area contributed by atoms with Gasteiger partial charge in [-0.15, -0.1) is 5.10 Å². The molecule has 0 bridgehead atoms. The van der Waals surface area contributed by atoms with Crippen LogP contribution in [0.25, 0.3) is 0 Å². The van der Waals surface area contributed by atoms with Crippen LogP contribution in [-0.4, -0.2) is 26.4 Å². The third kappa shape index (κ3) is 2.87. The predicted octanol–water partition coefficient (Wildman–Crippen LogP) is 2.86. The van der Waals surface area contributed by atoms with Crippen molar-refractivity contribution in [3.05, 3.63) is 27.0 Å². The minimum Gasteiger partial charge on any atom is -0.312 e. The van der Waals surface area contributed by atoms with Gasteiger partial charge in [0.05, 0.1) is 16.3 Å². The average Bonchev–Trinajstić information content (AvgIpc) is 2.95. The molecule has 2 aromatic heterocycles. The van der Waals surface area contributed by atoms with Gasteiger partial charge in [-0.25, -0.2) is 0 Å². The van der Waals surface area contributed by atoms with Crippen LogP contribution in [0.2, 0.25) is 5.15 Å². The van der Waals surface area contributed by atoms with Gasteiger partial charge in [-0.1, -0.05) is 29.9 Å². The molecule has 20 heavy (non-hydrogen) atoms. The van der Waals surface area contributed by atoms with E-state index >= 15 is 0 Å². The van der Waals surface area contributed by atoms with E-state index in [1.165, 1.54) is 16.4 Å². The van der Waals surface area contributed by atoms with Crippen LogP contribution in [0, 0.1) is 6.92 Å². The van der Waals surface area contributed by atoms with Crippen LogP contribution in [0.4, 0.5) is 0 Å². The van der Waals surface area contributed by atoms with Crippen LogP contribution in [0.3, 0.4) is 0 Å². The molecule has 0 aliphatic rings. The second-order valence-electron chi connectivity index (χ2n) is 5.20. The number of aromatic nitrogens is 4. The van der Waals surface area contributed by atoms with Gasteiger partial charge in [0.2, 0.25) is 0 Å². The van der Waals surface area contributed by atoms with Crippen LogP contribution in [0.5, 0.6) is 0 Å². The first-order valence-electron chi connectivity index (χ1n) is 6.63. The number of rotatable bonds is 5. The lowest BCUT2D eigenvalue weighted by Crippen LogP contribution is -2.19. The third-order valence-corrected chi connectivity index (χ3v) is 4.76. The first kappa shape index (κ1) is 15.4. The topological polar surface area (TPSA) is 55.6 Å². The van der Waals surface area contributed by atoms with Gasteiger partial charge in [0, 0.05) is 18.7 Å². The highest BCUT2D eigenvalue weighted by Crippen LogP contribution is 2.31. The fourth-order valence-corrected chi connectivity index (χ4v) is 3.45. The van der Waals surface area contributed by atoms with Crippen molar-refractivity contribution in [3.8, 4) is 0 Å². The Labute approximate surface area is 128 Å². The largest absolute Gasteiger partial charge is 0.312 e. The molecule has 0 aromatic carbocycles. The molecule has 1 atom stereocenters. The van der Waals surface area contributed by atoms with Crippen LogP contribution >= 0.6 is 23.1 Å². The zero-order chi connectivity index (χ0) is 14.9. The van der Waals surface area contributed by atoms with Gasteiger partial charge in [0.25, 0.3) is 0 Å². The summed E-state index contributed by atoms with van der Waals surface area (Å²) in [6.45, 7) is 6.26. The molecule has 5 nitrogen and oxygen atoms in total. The third-order valence-electron chi connectivity index (χ3n) is 3.43. The highest BCUT2D eigenvalue weighted by molar-refractivity contribution is 7.05. The van der Waals surface area contributed by atoms with Gasteiger partial charge < -0.3 is 5.32 Å². The van der Waals surface area contributed by atoms with Crippen molar-refractivity contribution in [1.29, 1.82) is 0 Å². The minimum atomic E-state index is 0.160. The van der Waals surface area contributed by atoms with Crippen molar-refractivity contribution in [3.63, 3.8) is 0 Å². The number of aryl methyl sites for hydroxylation is 2. The number of likely N-dealkylation sites (N-methyl/N-ethyl adjacent to an activating group) is 1. The highest BCUT2D eigenvalue weighted by atomic mass is 35.5. The van der Waals surface area contributed by atoms with Crippen molar-refractivity contribution in [2.24, 2.45) is 7.05 Å². The standard InChI is InChI=1S/C13H20ClN5S/c1-7(2)11-12(20-18-16-11)10(15-4)6-9-8(3)17-19(5)13(9)14/h7,10,15H,6H2,1-5H3. The van der Waals surface area contributed by atoms with E-state index in [0.29, 0.717) is 11.1 Å². The monoisotopic (exact) mass is 313 g/mol. The summed E-state index contributed by atoms with van der Waals surface area (Å²) in [5.74, 6) is 0.366. The van der Waals surface area contributed by atoms with Crippen molar-refractivity contribution in [2.45, 2.75) is 39.2 Å². The molecule has 2 heterocycles. The normalized spacial score (nSPS) is 13.2. The summed E-state index contributed by atoms with van der Waals surface area (Å²) in [4.78, 5) is 1.18. The van der Waals surface area contributed by atoms with Crippen molar-refractivity contribution in [1.82, 2.24) is 24.7 Å². The molecule has 0 fully saturated rings. The summed E-state index contributed by atoms with van der Waals surface area (Å²) in [5.41, 5.74) is 3.12. The number of nitrogens with one attached hydrogen (secondary N) is 1. The van der Waals surface area contributed by atoms with Gasteiger partial charge >= 0.3 is 0 Å². The summed E-state index contributed by atoms with van der Waals surface area (Å²) in [6.07, 6.45) is 0.790. The van der Waals surface area contributed by atoms with E-state index in [0.717, 1.165) is 23.4 Å². The maximum absolute atomic E-state index is 6.32. The van der Waals surface area contributed by atoms with Crippen LogP contribution in [0.1, 0.15) is 47.6 Å². The summed E-state index contributed by atoms with van der Waals surface area (Å²) in [6, 6.07) is 0.160. The second-order valence-corrected chi connectivity index (χ2v) is 6.34. The van der Waals surface area contributed by atoms with Gasteiger partial charge in [0.15, 0.2) is 0 Å². The Bertz CT molecular complexity index is 590. The van der Waals surface area contributed by atoms with Gasteiger partial charge in [0.1, 0.15) is 5.15 Å². The summed E-state index contributed by atoms with van der Waals surface area (Å²) in [7, 11) is 3.81. The second kappa shape index (κ2) is 6.20. The molecule has 0 radical (unpaired) electrons. The molecular formula is C13H20ClN5S. The maximum Gasteiger partial charge on any atom is 0.130 e. The van der Waals surface area contributed by atoms with E-state index in [9.17, 15) is 0 Å². The Morgan fingerprint density at radius 1 is 1.40 bits per heavy atom. The van der Waals surface area contributed by atoms with Crippen LogP contribution < -0.4 is 5.32 Å². The number of hydrogen-bond acceptors (Lipinski definition) is 5. The van der Waals surface area contributed by atoms with Gasteiger partial charge in [-0.3, -0.25) is 4.68 Å².